The molecule has 0 aromatic heterocycles. The first kappa shape index (κ1) is 39.1. The normalized spacial score (nSPS) is 27.5. The molecular formula is C38H59N5O7S. The van der Waals surface area contributed by atoms with Crippen molar-refractivity contribution in [3.8, 4) is 12.3 Å². The van der Waals surface area contributed by atoms with Crippen LogP contribution in [0.1, 0.15) is 130 Å². The molecule has 51 heavy (non-hydrogen) atoms. The number of carbonyl (C=O) groups excluding carboxylic acids is 5. The van der Waals surface area contributed by atoms with E-state index in [4.69, 9.17) is 6.42 Å². The van der Waals surface area contributed by atoms with Crippen molar-refractivity contribution < 1.29 is 32.4 Å². The molecule has 284 valence electrons. The van der Waals surface area contributed by atoms with Crippen LogP contribution in [0.15, 0.2) is 0 Å². The average Bonchev–Trinajstić information content (AvgIpc) is 3.89. The Bertz CT molecular complexity index is 1510. The van der Waals surface area contributed by atoms with Crippen LogP contribution in [-0.2, 0) is 29.0 Å². The highest BCUT2D eigenvalue weighted by atomic mass is 32.2. The number of rotatable bonds is 13. The molecule has 1 aliphatic heterocycles. The summed E-state index contributed by atoms with van der Waals surface area (Å²) in [6.45, 7) is 7.51. The number of nitrogens with zero attached hydrogens (tertiary/aromatic N) is 1. The minimum Gasteiger partial charge on any atom is -0.348 e. The molecule has 1 heterocycles. The van der Waals surface area contributed by atoms with Gasteiger partial charge in [-0.05, 0) is 77.6 Å². The van der Waals surface area contributed by atoms with Crippen LogP contribution in [-0.4, -0.2) is 89.6 Å². The van der Waals surface area contributed by atoms with E-state index in [0.29, 0.717) is 38.6 Å². The van der Waals surface area contributed by atoms with Crippen LogP contribution in [0.4, 0.5) is 4.79 Å². The lowest BCUT2D eigenvalue weighted by Gasteiger charge is -2.40. The Morgan fingerprint density at radius 1 is 0.902 bits per heavy atom. The summed E-state index contributed by atoms with van der Waals surface area (Å²) in [5, 5.41) is 11.6. The van der Waals surface area contributed by atoms with Gasteiger partial charge in [0, 0.05) is 24.9 Å². The smallest absolute Gasteiger partial charge is 0.316 e. The summed E-state index contributed by atoms with van der Waals surface area (Å²) < 4.78 is 25.9. The standard InChI is InChI=1S/C38H59N5O7S/c1-6-7-22-39-32(46)30(44)28(24-27-16-17-27)40-31(45)29-15-14-23-43(29)33(47)38(26(2)37(38)20-12-9-13-21-37)42-34(48)41-36(18-10-8-11-19-36)25-51(49,50)35(3,4)5/h1,26-29H,7-25H2,2-5H3,(H,39,46)(H,40,45)(H2,41,42,48)/t26?,28?,29-,38?/m0/s1. The van der Waals surface area contributed by atoms with Crippen molar-refractivity contribution in [2.75, 3.05) is 18.8 Å². The quantitative estimate of drug-likeness (QED) is 0.128. The molecule has 0 bridgehead atoms. The first-order valence-corrected chi connectivity index (χ1v) is 20.9. The van der Waals surface area contributed by atoms with Gasteiger partial charge in [0.15, 0.2) is 9.84 Å². The number of carbonyl (C=O) groups is 5. The van der Waals surface area contributed by atoms with E-state index in [2.05, 4.69) is 27.2 Å². The Balaban J connectivity index is 1.36. The summed E-state index contributed by atoms with van der Waals surface area (Å²) >= 11 is 0. The summed E-state index contributed by atoms with van der Waals surface area (Å²) in [7, 11) is -3.56. The number of ketones is 1. The largest absolute Gasteiger partial charge is 0.348 e. The second-order valence-electron chi connectivity index (χ2n) is 17.0. The van der Waals surface area contributed by atoms with Crippen LogP contribution < -0.4 is 21.3 Å². The SMILES string of the molecule is C#CCCNC(=O)C(=O)C(CC1CC1)NC(=O)[C@@H]1CCCN1C(=O)C1(NC(=O)NC2(CS(=O)(=O)C(C)(C)C)CCCCC2)C(C)C12CCCCC2. The molecule has 4 N–H and O–H groups in total. The fraction of sp³-hybridized carbons (Fsp3) is 0.816. The molecule has 4 atom stereocenters. The highest BCUT2D eigenvalue weighted by molar-refractivity contribution is 7.92. The van der Waals surface area contributed by atoms with Crippen LogP contribution in [0.25, 0.3) is 0 Å². The minimum atomic E-state index is -3.56. The van der Waals surface area contributed by atoms with E-state index in [1.807, 2.05) is 6.92 Å². The third-order valence-corrected chi connectivity index (χ3v) is 15.5. The predicted molar refractivity (Wildman–Crippen MR) is 194 cm³/mol. The average molecular weight is 730 g/mol. The number of sulfone groups is 1. The highest BCUT2D eigenvalue weighted by Gasteiger charge is 2.79. The van der Waals surface area contributed by atoms with E-state index in [1.54, 1.807) is 25.7 Å². The number of Topliss-reactive ketones (excluding diaryl/α,β-unsaturated/α-hetero) is 1. The van der Waals surface area contributed by atoms with E-state index >= 15 is 0 Å². The molecule has 1 spiro atoms. The second kappa shape index (κ2) is 15.1. The van der Waals surface area contributed by atoms with Crippen molar-refractivity contribution in [3.63, 3.8) is 0 Å². The predicted octanol–water partition coefficient (Wildman–Crippen LogP) is 3.53. The molecule has 4 saturated carbocycles. The molecule has 12 nitrogen and oxygen atoms in total. The van der Waals surface area contributed by atoms with Gasteiger partial charge < -0.3 is 26.2 Å². The van der Waals surface area contributed by atoms with Gasteiger partial charge in [0.25, 0.3) is 5.91 Å². The molecule has 0 aromatic rings. The summed E-state index contributed by atoms with van der Waals surface area (Å²) in [5.41, 5.74) is -2.66. The Labute approximate surface area is 304 Å². The number of amides is 5. The molecular weight excluding hydrogens is 671 g/mol. The Morgan fingerprint density at radius 2 is 1.53 bits per heavy atom. The third kappa shape index (κ3) is 7.96. The first-order chi connectivity index (χ1) is 24.0. The van der Waals surface area contributed by atoms with Gasteiger partial charge in [-0.3, -0.25) is 19.2 Å². The van der Waals surface area contributed by atoms with Gasteiger partial charge in [-0.15, -0.1) is 12.3 Å². The molecule has 1 saturated heterocycles. The van der Waals surface area contributed by atoms with Gasteiger partial charge in [-0.25, -0.2) is 13.2 Å². The first-order valence-electron chi connectivity index (χ1n) is 19.2. The molecule has 5 aliphatic rings. The van der Waals surface area contributed by atoms with E-state index in [-0.39, 0.29) is 36.5 Å². The lowest BCUT2D eigenvalue weighted by atomic mass is 9.81. The number of hydrogen-bond acceptors (Lipinski definition) is 7. The van der Waals surface area contributed by atoms with Crippen LogP contribution in [0.5, 0.6) is 0 Å². The van der Waals surface area contributed by atoms with Crippen LogP contribution in [0.2, 0.25) is 0 Å². The zero-order valence-electron chi connectivity index (χ0n) is 31.0. The third-order valence-electron chi connectivity index (χ3n) is 12.7. The Hall–Kier alpha value is -3.14. The molecule has 0 aromatic carbocycles. The number of nitrogens with one attached hydrogen (secondary N) is 4. The van der Waals surface area contributed by atoms with Crippen LogP contribution in [0, 0.1) is 29.6 Å². The second-order valence-corrected chi connectivity index (χ2v) is 19.8. The Morgan fingerprint density at radius 3 is 2.12 bits per heavy atom. The highest BCUT2D eigenvalue weighted by Crippen LogP contribution is 2.69. The van der Waals surface area contributed by atoms with Crippen molar-refractivity contribution in [1.29, 1.82) is 0 Å². The molecule has 13 heteroatoms. The van der Waals surface area contributed by atoms with Crippen LogP contribution in [0.3, 0.4) is 0 Å². The fourth-order valence-electron chi connectivity index (χ4n) is 9.26. The number of likely N-dealkylation sites (tertiary alicyclic amines) is 1. The van der Waals surface area contributed by atoms with Gasteiger partial charge >= 0.3 is 6.03 Å². The zero-order valence-corrected chi connectivity index (χ0v) is 31.9. The van der Waals surface area contributed by atoms with Gasteiger partial charge in [0.2, 0.25) is 17.6 Å². The van der Waals surface area contributed by atoms with Gasteiger partial charge in [-0.2, -0.15) is 0 Å². The van der Waals surface area contributed by atoms with Crippen molar-refractivity contribution in [2.24, 2.45) is 17.3 Å². The van der Waals surface area contributed by atoms with Gasteiger partial charge in [-0.1, -0.05) is 58.3 Å². The lowest BCUT2D eigenvalue weighted by Crippen LogP contribution is -2.64. The monoisotopic (exact) mass is 729 g/mol. The molecule has 3 unspecified atom stereocenters. The van der Waals surface area contributed by atoms with E-state index < -0.39 is 66.8 Å². The molecule has 5 fully saturated rings. The zero-order chi connectivity index (χ0) is 37.2. The number of hydrogen-bond donors (Lipinski definition) is 4. The molecule has 4 aliphatic carbocycles. The van der Waals surface area contributed by atoms with E-state index in [9.17, 15) is 32.4 Å². The van der Waals surface area contributed by atoms with Crippen molar-refractivity contribution in [2.45, 2.75) is 158 Å². The van der Waals surface area contributed by atoms with Crippen molar-refractivity contribution in [1.82, 2.24) is 26.2 Å². The summed E-state index contributed by atoms with van der Waals surface area (Å²) in [4.78, 5) is 70.4. The van der Waals surface area contributed by atoms with Gasteiger partial charge in [0.1, 0.15) is 11.6 Å². The maximum absolute atomic E-state index is 14.9. The number of urea groups is 1. The molecule has 0 radical (unpaired) electrons. The summed E-state index contributed by atoms with van der Waals surface area (Å²) in [6, 6.07) is -2.41. The topological polar surface area (TPSA) is 171 Å². The van der Waals surface area contributed by atoms with E-state index in [1.165, 1.54) is 0 Å². The lowest BCUT2D eigenvalue weighted by molar-refractivity contribution is -0.144. The summed E-state index contributed by atoms with van der Waals surface area (Å²) in [5.74, 6) is 0.0111. The number of terminal acetylenes is 1. The summed E-state index contributed by atoms with van der Waals surface area (Å²) in [6.07, 6.45) is 16.8. The maximum atomic E-state index is 14.9. The fourth-order valence-corrected chi connectivity index (χ4v) is 10.8. The van der Waals surface area contributed by atoms with Gasteiger partial charge in [0.05, 0.1) is 22.1 Å². The molecule has 5 rings (SSSR count). The van der Waals surface area contributed by atoms with Crippen LogP contribution >= 0.6 is 0 Å². The Kier molecular flexibility index (Phi) is 11.5. The minimum absolute atomic E-state index is 0.159. The van der Waals surface area contributed by atoms with Crippen molar-refractivity contribution >= 4 is 39.4 Å². The van der Waals surface area contributed by atoms with E-state index in [0.717, 1.165) is 64.2 Å². The van der Waals surface area contributed by atoms with Crippen molar-refractivity contribution in [3.05, 3.63) is 0 Å². The maximum Gasteiger partial charge on any atom is 0.316 e. The molecule has 5 amide bonds.